The van der Waals surface area contributed by atoms with E-state index in [0.29, 0.717) is 24.4 Å². The van der Waals surface area contributed by atoms with E-state index in [9.17, 15) is 4.79 Å². The van der Waals surface area contributed by atoms with E-state index >= 15 is 0 Å². The predicted molar refractivity (Wildman–Crippen MR) is 71.2 cm³/mol. The highest BCUT2D eigenvalue weighted by molar-refractivity contribution is 5.79. The average Bonchev–Trinajstić information content (AvgIpc) is 2.89. The first kappa shape index (κ1) is 11.3. The number of amides is 1. The molecule has 2 bridgehead atoms. The highest BCUT2D eigenvalue weighted by atomic mass is 16.1. The molecule has 4 heteroatoms. The van der Waals surface area contributed by atoms with Crippen LogP contribution in [0.4, 0.5) is 0 Å². The van der Waals surface area contributed by atoms with Crippen LogP contribution in [0.25, 0.3) is 0 Å². The van der Waals surface area contributed by atoms with Crippen LogP contribution in [0.5, 0.6) is 0 Å². The number of carbonyl (C=O) groups excluding carboxylic acids is 1. The number of allylic oxidation sites excluding steroid dienone is 2. The number of nitrogens with one attached hydrogen (secondary N) is 1. The summed E-state index contributed by atoms with van der Waals surface area (Å²) >= 11 is 0. The van der Waals surface area contributed by atoms with Crippen LogP contribution >= 0.6 is 0 Å². The number of hydrogen-bond donors (Lipinski definition) is 1. The molecule has 3 aliphatic carbocycles. The van der Waals surface area contributed by atoms with E-state index < -0.39 is 0 Å². The molecule has 0 aromatic carbocycles. The molecule has 1 N–H and O–H groups in total. The lowest BCUT2D eigenvalue weighted by atomic mass is 9.93. The molecule has 3 aliphatic rings. The van der Waals surface area contributed by atoms with Crippen LogP contribution in [0.2, 0.25) is 0 Å². The van der Waals surface area contributed by atoms with E-state index in [1.807, 2.05) is 12.5 Å². The number of fused-ring (bicyclic) bond motifs is 2. The zero-order valence-corrected chi connectivity index (χ0v) is 11.0. The molecule has 1 heterocycles. The van der Waals surface area contributed by atoms with Crippen LogP contribution < -0.4 is 5.32 Å². The second kappa shape index (κ2) is 4.22. The Morgan fingerprint density at radius 1 is 1.37 bits per heavy atom. The van der Waals surface area contributed by atoms with Gasteiger partial charge in [0.05, 0.1) is 18.6 Å². The number of aromatic nitrogens is 2. The van der Waals surface area contributed by atoms with Crippen molar-refractivity contribution < 1.29 is 4.79 Å². The minimum absolute atomic E-state index is 0.201. The molecule has 3 atom stereocenters. The van der Waals surface area contributed by atoms with Crippen molar-refractivity contribution in [3.05, 3.63) is 30.4 Å². The Morgan fingerprint density at radius 2 is 2.26 bits per heavy atom. The van der Waals surface area contributed by atoms with Gasteiger partial charge >= 0.3 is 0 Å². The molecule has 4 nitrogen and oxygen atoms in total. The molecule has 2 fully saturated rings. The Morgan fingerprint density at radius 3 is 2.95 bits per heavy atom. The molecular formula is C15H19N3O. The van der Waals surface area contributed by atoms with Crippen LogP contribution in [0.3, 0.4) is 0 Å². The predicted octanol–water partition coefficient (Wildman–Crippen LogP) is 2.05. The Balaban J connectivity index is 1.38. The third-order valence-electron chi connectivity index (χ3n) is 4.75. The van der Waals surface area contributed by atoms with Gasteiger partial charge in [-0.15, -0.1) is 0 Å². The van der Waals surface area contributed by atoms with Crippen molar-refractivity contribution in [2.24, 2.45) is 17.8 Å². The van der Waals surface area contributed by atoms with Crippen molar-refractivity contribution in [3.8, 4) is 0 Å². The van der Waals surface area contributed by atoms with Gasteiger partial charge in [-0.25, -0.2) is 4.98 Å². The Labute approximate surface area is 112 Å². The van der Waals surface area contributed by atoms with Crippen LogP contribution in [-0.2, 0) is 11.3 Å². The second-order valence-corrected chi connectivity index (χ2v) is 6.13. The van der Waals surface area contributed by atoms with Crippen molar-refractivity contribution >= 4 is 5.91 Å². The summed E-state index contributed by atoms with van der Waals surface area (Å²) in [5.74, 6) is 1.56. The Hall–Kier alpha value is -1.58. The fourth-order valence-corrected chi connectivity index (χ4v) is 3.54. The summed E-state index contributed by atoms with van der Waals surface area (Å²) in [5, 5.41) is 3.10. The Kier molecular flexibility index (Phi) is 2.50. The van der Waals surface area contributed by atoms with E-state index in [2.05, 4.69) is 27.0 Å². The van der Waals surface area contributed by atoms with E-state index in [1.165, 1.54) is 19.3 Å². The maximum absolute atomic E-state index is 12.3. The highest BCUT2D eigenvalue weighted by Gasteiger charge is 2.39. The van der Waals surface area contributed by atoms with Gasteiger partial charge in [-0.2, -0.15) is 0 Å². The first-order valence-corrected chi connectivity index (χ1v) is 7.28. The van der Waals surface area contributed by atoms with E-state index in [-0.39, 0.29) is 11.8 Å². The number of hydrogen-bond acceptors (Lipinski definition) is 2. The standard InChI is InChI=1S/C15H19N3O/c19-15(14-6-10-1-2-11(14)5-10)17-8-13-7-16-9-18(13)12-3-4-12/h1-2,7,9-12,14H,3-6,8H2,(H,17,19)/t10-,11+,14+/m1/s1. The van der Waals surface area contributed by atoms with Gasteiger partial charge in [0.2, 0.25) is 5.91 Å². The van der Waals surface area contributed by atoms with Crippen LogP contribution in [-0.4, -0.2) is 15.5 Å². The van der Waals surface area contributed by atoms with Crippen molar-refractivity contribution in [1.82, 2.24) is 14.9 Å². The average molecular weight is 257 g/mol. The fraction of sp³-hybridized carbons (Fsp3) is 0.600. The van der Waals surface area contributed by atoms with Crippen molar-refractivity contribution in [2.45, 2.75) is 38.3 Å². The lowest BCUT2D eigenvalue weighted by Crippen LogP contribution is -2.32. The first-order valence-electron chi connectivity index (χ1n) is 7.28. The van der Waals surface area contributed by atoms with Gasteiger partial charge in [0.15, 0.2) is 0 Å². The van der Waals surface area contributed by atoms with Gasteiger partial charge < -0.3 is 9.88 Å². The van der Waals surface area contributed by atoms with Gasteiger partial charge in [-0.1, -0.05) is 12.2 Å². The van der Waals surface area contributed by atoms with E-state index in [4.69, 9.17) is 0 Å². The molecule has 0 saturated heterocycles. The van der Waals surface area contributed by atoms with Crippen molar-refractivity contribution in [1.29, 1.82) is 0 Å². The number of nitrogens with zero attached hydrogens (tertiary/aromatic N) is 2. The van der Waals surface area contributed by atoms with E-state index in [0.717, 1.165) is 12.1 Å². The van der Waals surface area contributed by atoms with Gasteiger partial charge in [0, 0.05) is 18.2 Å². The normalized spacial score (nSPS) is 31.9. The topological polar surface area (TPSA) is 46.9 Å². The highest BCUT2D eigenvalue weighted by Crippen LogP contribution is 2.43. The summed E-state index contributed by atoms with van der Waals surface area (Å²) < 4.78 is 2.21. The van der Waals surface area contributed by atoms with Crippen molar-refractivity contribution in [2.75, 3.05) is 0 Å². The lowest BCUT2D eigenvalue weighted by Gasteiger charge is -2.17. The molecule has 0 spiro atoms. The summed E-state index contributed by atoms with van der Waals surface area (Å²) in [4.78, 5) is 16.5. The lowest BCUT2D eigenvalue weighted by molar-refractivity contribution is -0.125. The summed E-state index contributed by atoms with van der Waals surface area (Å²) in [5.41, 5.74) is 1.13. The summed E-state index contributed by atoms with van der Waals surface area (Å²) in [6, 6.07) is 0.625. The number of rotatable bonds is 4. The first-order chi connectivity index (χ1) is 9.31. The smallest absolute Gasteiger partial charge is 0.224 e. The zero-order valence-electron chi connectivity index (χ0n) is 11.0. The monoisotopic (exact) mass is 257 g/mol. The molecule has 2 saturated carbocycles. The van der Waals surface area contributed by atoms with Gasteiger partial charge in [0.25, 0.3) is 0 Å². The minimum Gasteiger partial charge on any atom is -0.350 e. The molecular weight excluding hydrogens is 238 g/mol. The zero-order chi connectivity index (χ0) is 12.8. The fourth-order valence-electron chi connectivity index (χ4n) is 3.54. The van der Waals surface area contributed by atoms with Gasteiger partial charge in [-0.3, -0.25) is 4.79 Å². The SMILES string of the molecule is O=C(NCc1cncn1C1CC1)[C@H]1C[C@@H]2C=C[C@H]1C2. The minimum atomic E-state index is 0.201. The largest absolute Gasteiger partial charge is 0.350 e. The molecule has 19 heavy (non-hydrogen) atoms. The van der Waals surface area contributed by atoms with Crippen LogP contribution in [0, 0.1) is 17.8 Å². The molecule has 0 unspecified atom stereocenters. The number of carbonyl (C=O) groups is 1. The molecule has 1 amide bonds. The van der Waals surface area contributed by atoms with Crippen molar-refractivity contribution in [3.63, 3.8) is 0 Å². The summed E-state index contributed by atoms with van der Waals surface area (Å²) in [7, 11) is 0. The molecule has 4 rings (SSSR count). The maximum Gasteiger partial charge on any atom is 0.224 e. The van der Waals surface area contributed by atoms with Crippen LogP contribution in [0.1, 0.15) is 37.4 Å². The van der Waals surface area contributed by atoms with Crippen LogP contribution in [0.15, 0.2) is 24.7 Å². The van der Waals surface area contributed by atoms with E-state index in [1.54, 1.807) is 0 Å². The van der Waals surface area contributed by atoms with Gasteiger partial charge in [0.1, 0.15) is 0 Å². The van der Waals surface area contributed by atoms with Gasteiger partial charge in [-0.05, 0) is 37.5 Å². The third-order valence-corrected chi connectivity index (χ3v) is 4.75. The summed E-state index contributed by atoms with van der Waals surface area (Å²) in [6.07, 6.45) is 13.0. The maximum atomic E-state index is 12.3. The molecule has 0 aliphatic heterocycles. The molecule has 100 valence electrons. The Bertz CT molecular complexity index is 529. The number of imidazole rings is 1. The summed E-state index contributed by atoms with van der Waals surface area (Å²) in [6.45, 7) is 0.618. The molecule has 0 radical (unpaired) electrons. The quantitative estimate of drug-likeness (QED) is 0.839. The second-order valence-electron chi connectivity index (χ2n) is 6.13. The molecule has 1 aromatic rings. The molecule has 1 aromatic heterocycles. The third kappa shape index (κ3) is 1.99.